The van der Waals surface area contributed by atoms with Crippen molar-refractivity contribution in [3.05, 3.63) is 54.4 Å². The van der Waals surface area contributed by atoms with Crippen LogP contribution in [0.2, 0.25) is 0 Å². The predicted octanol–water partition coefficient (Wildman–Crippen LogP) is 2.83. The lowest BCUT2D eigenvalue weighted by atomic mass is 9.94. The van der Waals surface area contributed by atoms with Crippen LogP contribution in [0.25, 0.3) is 0 Å². The minimum atomic E-state index is -0.310. The van der Waals surface area contributed by atoms with Gasteiger partial charge in [-0.15, -0.1) is 0 Å². The van der Waals surface area contributed by atoms with Gasteiger partial charge in [-0.1, -0.05) is 12.1 Å². The Bertz CT molecular complexity index is 741. The van der Waals surface area contributed by atoms with E-state index in [9.17, 15) is 4.79 Å². The molecule has 25 heavy (non-hydrogen) atoms. The third-order valence-electron chi connectivity index (χ3n) is 5.31. The van der Waals surface area contributed by atoms with Crippen molar-refractivity contribution in [3.8, 4) is 5.75 Å². The minimum absolute atomic E-state index is 0.271. The van der Waals surface area contributed by atoms with Crippen molar-refractivity contribution >= 4 is 11.6 Å². The average Bonchev–Trinajstić information content (AvgIpc) is 3.35. The van der Waals surface area contributed by atoms with Crippen LogP contribution >= 0.6 is 0 Å². The molecule has 1 aromatic heterocycles. The number of ether oxygens (including phenoxy) is 1. The number of pyridine rings is 1. The van der Waals surface area contributed by atoms with Gasteiger partial charge in [-0.3, -0.25) is 9.78 Å². The summed E-state index contributed by atoms with van der Waals surface area (Å²) in [6, 6.07) is 12.2. The maximum absolute atomic E-state index is 13.1. The lowest BCUT2D eigenvalue weighted by Gasteiger charge is -2.24. The first-order valence-corrected chi connectivity index (χ1v) is 8.82. The lowest BCUT2D eigenvalue weighted by Crippen LogP contribution is -2.39. The number of rotatable bonds is 5. The van der Waals surface area contributed by atoms with Gasteiger partial charge in [0.25, 0.3) is 0 Å². The smallest absolute Gasteiger partial charge is 0.233 e. The van der Waals surface area contributed by atoms with Gasteiger partial charge in [0.2, 0.25) is 5.91 Å². The second kappa shape index (κ2) is 6.39. The fraction of sp³-hybridized carbons (Fsp3) is 0.400. The Kier molecular flexibility index (Phi) is 4.07. The van der Waals surface area contributed by atoms with Crippen molar-refractivity contribution in [3.63, 3.8) is 0 Å². The highest BCUT2D eigenvalue weighted by Crippen LogP contribution is 2.50. The zero-order valence-electron chi connectivity index (χ0n) is 14.4. The van der Waals surface area contributed by atoms with Crippen molar-refractivity contribution < 1.29 is 9.53 Å². The first kappa shape index (κ1) is 15.9. The SMILES string of the molecule is COc1ccc(C2(C(=O)N3CC[C@H](Nc4cccnc4)C3)CC2)cc1. The fourth-order valence-electron chi connectivity index (χ4n) is 3.71. The van der Waals surface area contributed by atoms with E-state index in [4.69, 9.17) is 4.74 Å². The Balaban J connectivity index is 1.42. The minimum Gasteiger partial charge on any atom is -0.497 e. The van der Waals surface area contributed by atoms with Crippen LogP contribution in [-0.4, -0.2) is 42.0 Å². The Labute approximate surface area is 148 Å². The number of benzene rings is 1. The van der Waals surface area contributed by atoms with Crippen molar-refractivity contribution in [1.29, 1.82) is 0 Å². The van der Waals surface area contributed by atoms with Gasteiger partial charge >= 0.3 is 0 Å². The van der Waals surface area contributed by atoms with Crippen LogP contribution in [0.5, 0.6) is 5.75 Å². The summed E-state index contributed by atoms with van der Waals surface area (Å²) in [7, 11) is 1.66. The Morgan fingerprint density at radius 1 is 1.28 bits per heavy atom. The summed E-state index contributed by atoms with van der Waals surface area (Å²) in [4.78, 5) is 19.3. The monoisotopic (exact) mass is 337 g/mol. The standard InChI is InChI=1S/C20H23N3O2/c1-25-18-6-4-15(5-7-18)20(9-10-20)19(24)23-12-8-17(14-23)22-16-3-2-11-21-13-16/h2-7,11,13,17,22H,8-10,12,14H2,1H3/t17-/m0/s1. The van der Waals surface area contributed by atoms with Crippen LogP contribution in [0.1, 0.15) is 24.8 Å². The molecule has 1 amide bonds. The predicted molar refractivity (Wildman–Crippen MR) is 96.8 cm³/mol. The summed E-state index contributed by atoms with van der Waals surface area (Å²) in [6.07, 6.45) is 6.44. The summed E-state index contributed by atoms with van der Waals surface area (Å²) in [5, 5.41) is 3.48. The maximum Gasteiger partial charge on any atom is 0.233 e. The highest BCUT2D eigenvalue weighted by atomic mass is 16.5. The van der Waals surface area contributed by atoms with E-state index in [2.05, 4.69) is 10.3 Å². The number of hydrogen-bond donors (Lipinski definition) is 1. The summed E-state index contributed by atoms with van der Waals surface area (Å²) in [5.41, 5.74) is 1.81. The summed E-state index contributed by atoms with van der Waals surface area (Å²) < 4.78 is 5.22. The van der Waals surface area contributed by atoms with Gasteiger partial charge in [0.1, 0.15) is 5.75 Å². The molecule has 0 unspecified atom stereocenters. The molecule has 2 heterocycles. The van der Waals surface area contributed by atoms with E-state index in [1.54, 1.807) is 13.3 Å². The molecule has 2 fully saturated rings. The number of methoxy groups -OCH3 is 1. The molecule has 1 saturated heterocycles. The summed E-state index contributed by atoms with van der Waals surface area (Å²) in [5.74, 6) is 1.10. The molecule has 1 aliphatic heterocycles. The molecular weight excluding hydrogens is 314 g/mol. The maximum atomic E-state index is 13.1. The highest BCUT2D eigenvalue weighted by molar-refractivity contribution is 5.91. The number of anilines is 1. The zero-order valence-corrected chi connectivity index (χ0v) is 14.4. The Hall–Kier alpha value is -2.56. The lowest BCUT2D eigenvalue weighted by molar-refractivity contribution is -0.132. The molecule has 4 rings (SSSR count). The van der Waals surface area contributed by atoms with E-state index in [1.165, 1.54) is 0 Å². The van der Waals surface area contributed by atoms with E-state index in [0.29, 0.717) is 6.04 Å². The molecule has 1 atom stereocenters. The van der Waals surface area contributed by atoms with Gasteiger partial charge in [-0.25, -0.2) is 0 Å². The molecule has 1 aliphatic carbocycles. The van der Waals surface area contributed by atoms with Crippen LogP contribution < -0.4 is 10.1 Å². The molecule has 130 valence electrons. The highest BCUT2D eigenvalue weighted by Gasteiger charge is 2.53. The third-order valence-corrected chi connectivity index (χ3v) is 5.31. The number of nitrogens with zero attached hydrogens (tertiary/aromatic N) is 2. The zero-order chi connectivity index (χ0) is 17.3. The van der Waals surface area contributed by atoms with Crippen molar-refractivity contribution in [2.45, 2.75) is 30.7 Å². The normalized spacial score (nSPS) is 21.0. The van der Waals surface area contributed by atoms with E-state index >= 15 is 0 Å². The van der Waals surface area contributed by atoms with E-state index in [0.717, 1.165) is 49.4 Å². The van der Waals surface area contributed by atoms with Gasteiger partial charge in [0, 0.05) is 31.5 Å². The largest absolute Gasteiger partial charge is 0.497 e. The van der Waals surface area contributed by atoms with Crippen molar-refractivity contribution in [2.75, 3.05) is 25.5 Å². The molecule has 2 aromatic rings. The number of carbonyl (C=O) groups is 1. The number of aromatic nitrogens is 1. The van der Waals surface area contributed by atoms with Crippen LogP contribution in [0.4, 0.5) is 5.69 Å². The van der Waals surface area contributed by atoms with E-state index in [-0.39, 0.29) is 11.3 Å². The number of carbonyl (C=O) groups excluding carboxylic acids is 1. The van der Waals surface area contributed by atoms with Crippen molar-refractivity contribution in [1.82, 2.24) is 9.88 Å². The molecule has 0 spiro atoms. The molecule has 1 saturated carbocycles. The quantitative estimate of drug-likeness (QED) is 0.911. The molecule has 1 N–H and O–H groups in total. The number of nitrogens with one attached hydrogen (secondary N) is 1. The summed E-state index contributed by atoms with van der Waals surface area (Å²) >= 11 is 0. The third kappa shape index (κ3) is 3.06. The molecule has 0 radical (unpaired) electrons. The number of likely N-dealkylation sites (tertiary alicyclic amines) is 1. The first-order valence-electron chi connectivity index (χ1n) is 8.82. The van der Waals surface area contributed by atoms with Crippen LogP contribution in [0.15, 0.2) is 48.8 Å². The molecule has 2 aliphatic rings. The van der Waals surface area contributed by atoms with E-state index in [1.807, 2.05) is 47.5 Å². The van der Waals surface area contributed by atoms with Gasteiger partial charge in [-0.05, 0) is 49.1 Å². The second-order valence-corrected chi connectivity index (χ2v) is 6.93. The number of hydrogen-bond acceptors (Lipinski definition) is 4. The molecule has 1 aromatic carbocycles. The van der Waals surface area contributed by atoms with Crippen LogP contribution in [-0.2, 0) is 10.2 Å². The van der Waals surface area contributed by atoms with Gasteiger partial charge < -0.3 is 15.0 Å². The van der Waals surface area contributed by atoms with Crippen molar-refractivity contribution in [2.24, 2.45) is 0 Å². The van der Waals surface area contributed by atoms with Gasteiger partial charge in [0.15, 0.2) is 0 Å². The topological polar surface area (TPSA) is 54.5 Å². The van der Waals surface area contributed by atoms with Crippen LogP contribution in [0.3, 0.4) is 0 Å². The first-order chi connectivity index (χ1) is 12.2. The Morgan fingerprint density at radius 3 is 2.72 bits per heavy atom. The number of amides is 1. The molecule has 0 bridgehead atoms. The summed E-state index contributed by atoms with van der Waals surface area (Å²) in [6.45, 7) is 1.57. The van der Waals surface area contributed by atoms with Gasteiger partial charge in [-0.2, -0.15) is 0 Å². The molecular formula is C20H23N3O2. The molecule has 5 heteroatoms. The average molecular weight is 337 g/mol. The van der Waals surface area contributed by atoms with E-state index < -0.39 is 0 Å². The Morgan fingerprint density at radius 2 is 2.08 bits per heavy atom. The molecule has 5 nitrogen and oxygen atoms in total. The van der Waals surface area contributed by atoms with Crippen LogP contribution in [0, 0.1) is 0 Å². The second-order valence-electron chi connectivity index (χ2n) is 6.93. The fourth-order valence-corrected chi connectivity index (χ4v) is 3.71. The van der Waals surface area contributed by atoms with Gasteiger partial charge in [0.05, 0.1) is 18.2 Å².